The van der Waals surface area contributed by atoms with Gasteiger partial charge in [-0.15, -0.1) is 0 Å². The number of nitrogens with zero attached hydrogens (tertiary/aromatic N) is 2. The van der Waals surface area contributed by atoms with Crippen LogP contribution in [-0.4, -0.2) is 35.3 Å². The summed E-state index contributed by atoms with van der Waals surface area (Å²) in [4.78, 5) is 24.7. The van der Waals surface area contributed by atoms with Crippen molar-refractivity contribution in [3.63, 3.8) is 0 Å². The van der Waals surface area contributed by atoms with Crippen LogP contribution in [0.3, 0.4) is 0 Å². The van der Waals surface area contributed by atoms with E-state index in [4.69, 9.17) is 0 Å². The number of aromatic nitrogens is 2. The number of para-hydroxylation sites is 1. The lowest BCUT2D eigenvalue weighted by atomic mass is 10.00. The minimum Gasteiger partial charge on any atom is -0.350 e. The Morgan fingerprint density at radius 2 is 2.11 bits per heavy atom. The number of rotatable bonds is 4. The first-order valence-electron chi connectivity index (χ1n) is 9.04. The van der Waals surface area contributed by atoms with Crippen LogP contribution in [0.1, 0.15) is 34.6 Å². The normalized spacial score (nSPS) is 17.4. The molecule has 6 nitrogen and oxygen atoms in total. The van der Waals surface area contributed by atoms with Crippen LogP contribution in [0.15, 0.2) is 35.1 Å². The molecule has 1 aliphatic heterocycles. The molecule has 1 saturated heterocycles. The zero-order valence-electron chi connectivity index (χ0n) is 15.3. The van der Waals surface area contributed by atoms with Gasteiger partial charge in [0, 0.05) is 18.3 Å². The highest BCUT2D eigenvalue weighted by atomic mass is 19.4. The highest BCUT2D eigenvalue weighted by molar-refractivity contribution is 5.92. The highest BCUT2D eigenvalue weighted by Crippen LogP contribution is 2.33. The van der Waals surface area contributed by atoms with Gasteiger partial charge in [-0.3, -0.25) is 9.59 Å². The summed E-state index contributed by atoms with van der Waals surface area (Å²) >= 11 is 0. The van der Waals surface area contributed by atoms with Gasteiger partial charge in [-0.25, -0.2) is 4.68 Å². The molecule has 0 radical (unpaired) electrons. The second-order valence-corrected chi connectivity index (χ2v) is 6.85. The molecule has 1 unspecified atom stereocenters. The fraction of sp³-hybridized carbons (Fsp3) is 0.421. The van der Waals surface area contributed by atoms with Gasteiger partial charge >= 0.3 is 6.18 Å². The molecule has 1 fully saturated rings. The molecule has 3 rings (SSSR count). The van der Waals surface area contributed by atoms with Crippen LogP contribution in [0.2, 0.25) is 0 Å². The molecule has 0 saturated carbocycles. The minimum absolute atomic E-state index is 0.203. The second-order valence-electron chi connectivity index (χ2n) is 6.85. The third-order valence-corrected chi connectivity index (χ3v) is 4.71. The van der Waals surface area contributed by atoms with Crippen LogP contribution < -0.4 is 16.1 Å². The van der Waals surface area contributed by atoms with E-state index in [0.717, 1.165) is 42.7 Å². The van der Waals surface area contributed by atoms with Crippen molar-refractivity contribution in [3.8, 4) is 5.69 Å². The number of hydrogen-bond donors (Lipinski definition) is 2. The predicted molar refractivity (Wildman–Crippen MR) is 97.5 cm³/mol. The maximum atomic E-state index is 13.3. The zero-order valence-corrected chi connectivity index (χ0v) is 15.3. The fourth-order valence-electron chi connectivity index (χ4n) is 3.27. The number of carbonyl (C=O) groups excluding carboxylic acids is 1. The fourth-order valence-corrected chi connectivity index (χ4v) is 3.27. The molecule has 1 amide bonds. The number of aryl methyl sites for hydroxylation is 1. The van der Waals surface area contributed by atoms with Crippen molar-refractivity contribution in [2.45, 2.75) is 25.9 Å². The van der Waals surface area contributed by atoms with E-state index in [9.17, 15) is 22.8 Å². The average molecular weight is 394 g/mol. The van der Waals surface area contributed by atoms with Crippen LogP contribution >= 0.6 is 0 Å². The average Bonchev–Trinajstić information content (AvgIpc) is 2.66. The Balaban J connectivity index is 1.91. The van der Waals surface area contributed by atoms with Gasteiger partial charge in [-0.1, -0.05) is 12.1 Å². The van der Waals surface area contributed by atoms with Crippen molar-refractivity contribution < 1.29 is 18.0 Å². The Kier molecular flexibility index (Phi) is 5.83. The molecule has 0 bridgehead atoms. The number of benzene rings is 1. The molecule has 1 atom stereocenters. The topological polar surface area (TPSA) is 76.0 Å². The van der Waals surface area contributed by atoms with Crippen molar-refractivity contribution in [2.24, 2.45) is 5.92 Å². The van der Waals surface area contributed by atoms with E-state index in [0.29, 0.717) is 6.54 Å². The van der Waals surface area contributed by atoms with Gasteiger partial charge in [-0.05, 0) is 50.9 Å². The largest absolute Gasteiger partial charge is 0.418 e. The van der Waals surface area contributed by atoms with E-state index >= 15 is 0 Å². The summed E-state index contributed by atoms with van der Waals surface area (Å²) in [6.07, 6.45) is -2.63. The van der Waals surface area contributed by atoms with E-state index in [1.807, 2.05) is 0 Å². The summed E-state index contributed by atoms with van der Waals surface area (Å²) < 4.78 is 41.0. The molecule has 1 aromatic heterocycles. The Labute approximate surface area is 159 Å². The summed E-state index contributed by atoms with van der Waals surface area (Å²) in [5.41, 5.74) is -1.98. The van der Waals surface area contributed by atoms with Crippen LogP contribution in [-0.2, 0) is 6.18 Å². The number of halogens is 3. The van der Waals surface area contributed by atoms with Crippen molar-refractivity contribution in [3.05, 3.63) is 57.5 Å². The second kappa shape index (κ2) is 8.14. The standard InChI is InChI=1S/C19H21F3N4O2/c1-12-9-16(27)17(18(28)24-11-13-5-4-8-23-10-13)25-26(12)15-7-3-2-6-14(15)19(20,21)22/h2-3,6-7,9,13,23H,4-5,8,10-11H2,1H3,(H,24,28). The van der Waals surface area contributed by atoms with Crippen molar-refractivity contribution in [1.29, 1.82) is 0 Å². The van der Waals surface area contributed by atoms with Gasteiger partial charge < -0.3 is 10.6 Å². The molecule has 1 aromatic carbocycles. The first-order chi connectivity index (χ1) is 13.3. The SMILES string of the molecule is Cc1cc(=O)c(C(=O)NCC2CCCNC2)nn1-c1ccccc1C(F)(F)F. The summed E-state index contributed by atoms with van der Waals surface area (Å²) in [5, 5.41) is 9.86. The lowest BCUT2D eigenvalue weighted by molar-refractivity contribution is -0.137. The van der Waals surface area contributed by atoms with Gasteiger partial charge in [-0.2, -0.15) is 18.3 Å². The molecule has 2 N–H and O–H groups in total. The van der Waals surface area contributed by atoms with E-state index in [2.05, 4.69) is 15.7 Å². The summed E-state index contributed by atoms with van der Waals surface area (Å²) in [5.74, 6) is -0.440. The maximum Gasteiger partial charge on any atom is 0.418 e. The highest BCUT2D eigenvalue weighted by Gasteiger charge is 2.34. The van der Waals surface area contributed by atoms with Crippen LogP contribution in [0.4, 0.5) is 13.2 Å². The summed E-state index contributed by atoms with van der Waals surface area (Å²) in [7, 11) is 0. The Hall–Kier alpha value is -2.68. The Morgan fingerprint density at radius 1 is 1.36 bits per heavy atom. The van der Waals surface area contributed by atoms with E-state index in [1.54, 1.807) is 0 Å². The van der Waals surface area contributed by atoms with Crippen LogP contribution in [0.5, 0.6) is 0 Å². The first kappa shape index (κ1) is 20.1. The summed E-state index contributed by atoms with van der Waals surface area (Å²) in [6, 6.07) is 6.03. The molecule has 2 heterocycles. The maximum absolute atomic E-state index is 13.3. The van der Waals surface area contributed by atoms with E-state index < -0.39 is 28.8 Å². The van der Waals surface area contributed by atoms with Crippen LogP contribution in [0.25, 0.3) is 5.69 Å². The molecular weight excluding hydrogens is 373 g/mol. The third kappa shape index (κ3) is 4.41. The third-order valence-electron chi connectivity index (χ3n) is 4.71. The van der Waals surface area contributed by atoms with Gasteiger partial charge in [0.15, 0.2) is 5.69 Å². The molecule has 0 aliphatic carbocycles. The molecule has 150 valence electrons. The lowest BCUT2D eigenvalue weighted by Crippen LogP contribution is -2.40. The predicted octanol–water partition coefficient (Wildman–Crippen LogP) is 2.29. The van der Waals surface area contributed by atoms with Crippen LogP contribution in [0, 0.1) is 12.8 Å². The van der Waals surface area contributed by atoms with E-state index in [-0.39, 0.29) is 17.3 Å². The van der Waals surface area contributed by atoms with Gasteiger partial charge in [0.05, 0.1) is 11.3 Å². The number of hydrogen-bond acceptors (Lipinski definition) is 4. The number of amides is 1. The number of nitrogens with one attached hydrogen (secondary N) is 2. The molecule has 1 aliphatic rings. The van der Waals surface area contributed by atoms with Crippen molar-refractivity contribution in [1.82, 2.24) is 20.4 Å². The molecule has 0 spiro atoms. The molecule has 2 aromatic rings. The van der Waals surface area contributed by atoms with Crippen molar-refractivity contribution >= 4 is 5.91 Å². The minimum atomic E-state index is -4.59. The quantitative estimate of drug-likeness (QED) is 0.834. The first-order valence-corrected chi connectivity index (χ1v) is 9.04. The Morgan fingerprint density at radius 3 is 2.79 bits per heavy atom. The van der Waals surface area contributed by atoms with Gasteiger partial charge in [0.25, 0.3) is 5.91 Å². The van der Waals surface area contributed by atoms with Gasteiger partial charge in [0.2, 0.25) is 5.43 Å². The van der Waals surface area contributed by atoms with E-state index in [1.165, 1.54) is 25.1 Å². The van der Waals surface area contributed by atoms with Gasteiger partial charge in [0.1, 0.15) is 0 Å². The molecule has 9 heteroatoms. The number of carbonyl (C=O) groups is 1. The molecular formula is C19H21F3N4O2. The zero-order chi connectivity index (χ0) is 20.3. The number of alkyl halides is 3. The number of piperidine rings is 1. The van der Waals surface area contributed by atoms with Crippen molar-refractivity contribution in [2.75, 3.05) is 19.6 Å². The Bertz CT molecular complexity index is 918. The smallest absolute Gasteiger partial charge is 0.350 e. The lowest BCUT2D eigenvalue weighted by Gasteiger charge is -2.22. The monoisotopic (exact) mass is 394 g/mol. The summed E-state index contributed by atoms with van der Waals surface area (Å²) in [6.45, 7) is 3.55. The molecule has 28 heavy (non-hydrogen) atoms.